The van der Waals surface area contributed by atoms with Gasteiger partial charge in [-0.1, -0.05) is 59.8 Å². The Morgan fingerprint density at radius 3 is 2.53 bits per heavy atom. The van der Waals surface area contributed by atoms with Crippen LogP contribution in [0, 0.1) is 46.3 Å². The Hall–Kier alpha value is -1.10. The van der Waals surface area contributed by atoms with Gasteiger partial charge >= 0.3 is 11.9 Å². The van der Waals surface area contributed by atoms with Crippen LogP contribution in [0.1, 0.15) is 130 Å². The van der Waals surface area contributed by atoms with E-state index in [1.54, 1.807) is 0 Å². The molecule has 2 N–H and O–H groups in total. The summed E-state index contributed by atoms with van der Waals surface area (Å²) in [6.45, 7) is 10.5. The molecule has 0 heterocycles. The van der Waals surface area contributed by atoms with Gasteiger partial charge in [0.15, 0.2) is 0 Å². The predicted molar refractivity (Wildman–Crippen MR) is 152 cm³/mol. The Balaban J connectivity index is 1.47. The molecule has 0 spiro atoms. The zero-order valence-electron chi connectivity index (χ0n) is 25.0. The summed E-state index contributed by atoms with van der Waals surface area (Å²) in [5.74, 6) is 3.56. The van der Waals surface area contributed by atoms with Crippen molar-refractivity contribution >= 4 is 11.9 Å². The first-order valence-electron chi connectivity index (χ1n) is 16.3. The highest BCUT2D eigenvalue weighted by molar-refractivity contribution is 5.70. The molecule has 218 valence electrons. The van der Waals surface area contributed by atoms with Gasteiger partial charge in [0, 0.05) is 18.4 Å². The number of carbonyl (C=O) groups excluding carboxylic acids is 2. The number of ether oxygens (including phenoxy) is 2. The lowest BCUT2D eigenvalue weighted by Crippen LogP contribution is -2.59. The largest absolute Gasteiger partial charge is 0.466 e. The van der Waals surface area contributed by atoms with Crippen LogP contribution in [-0.4, -0.2) is 31.2 Å². The maximum absolute atomic E-state index is 12.9. The average Bonchev–Trinajstić information content (AvgIpc) is 3.26. The molecule has 4 aliphatic carbocycles. The normalized spacial score (nSPS) is 39.0. The number of hydrogen-bond donors (Lipinski definition) is 1. The smallest absolute Gasteiger partial charge is 0.307 e. The molecule has 0 aromatic heterocycles. The SMILES string of the molecule is CCCCCCOC(=O)CC[C@@H](C)C1CCC2C3CCC4CCCCC4(C)C3C[C@H](OC(=O)CCN)C21C. The molecule has 0 aromatic carbocycles. The van der Waals surface area contributed by atoms with E-state index >= 15 is 0 Å². The second-order valence-electron chi connectivity index (χ2n) is 14.0. The van der Waals surface area contributed by atoms with Crippen LogP contribution in [0.5, 0.6) is 0 Å². The molecule has 4 rings (SSSR count). The van der Waals surface area contributed by atoms with Gasteiger partial charge in [0.05, 0.1) is 13.0 Å². The Labute approximate surface area is 232 Å². The molecule has 0 radical (unpaired) electrons. The summed E-state index contributed by atoms with van der Waals surface area (Å²) in [5.41, 5.74) is 6.12. The van der Waals surface area contributed by atoms with Crippen LogP contribution >= 0.6 is 0 Å². The number of carbonyl (C=O) groups is 2. The summed E-state index contributed by atoms with van der Waals surface area (Å²) in [4.78, 5) is 25.4. The zero-order chi connectivity index (χ0) is 27.3. The van der Waals surface area contributed by atoms with Crippen LogP contribution in [0.25, 0.3) is 0 Å². The van der Waals surface area contributed by atoms with Gasteiger partial charge in [-0.3, -0.25) is 9.59 Å². The van der Waals surface area contributed by atoms with Crippen LogP contribution in [-0.2, 0) is 19.1 Å². The van der Waals surface area contributed by atoms with Crippen molar-refractivity contribution < 1.29 is 19.1 Å². The minimum absolute atomic E-state index is 0.0211. The van der Waals surface area contributed by atoms with Crippen molar-refractivity contribution in [2.75, 3.05) is 13.2 Å². The standard InChI is InChI=1S/C33H57NO4/c1-5-6-7-10-21-37-30(35)17-12-23(2)26-15-16-27-25-14-13-24-11-8-9-19-32(24,3)28(25)22-29(33(26,27)4)38-31(36)18-20-34/h23-29H,5-22,34H2,1-4H3/t23-,24?,25?,26?,27?,28?,29+,32?,33?/m1/s1. The van der Waals surface area contributed by atoms with Crippen LogP contribution in [0.15, 0.2) is 0 Å². The Kier molecular flexibility index (Phi) is 10.3. The van der Waals surface area contributed by atoms with Gasteiger partial charge in [-0.05, 0) is 98.7 Å². The summed E-state index contributed by atoms with van der Waals surface area (Å²) < 4.78 is 11.9. The molecule has 7 unspecified atom stereocenters. The third kappa shape index (κ3) is 5.98. The van der Waals surface area contributed by atoms with E-state index < -0.39 is 0 Å². The van der Waals surface area contributed by atoms with E-state index in [1.165, 1.54) is 64.2 Å². The molecule has 5 nitrogen and oxygen atoms in total. The van der Waals surface area contributed by atoms with Gasteiger partial charge < -0.3 is 15.2 Å². The lowest BCUT2D eigenvalue weighted by Gasteiger charge is -2.62. The molecule has 0 aliphatic heterocycles. The summed E-state index contributed by atoms with van der Waals surface area (Å²) in [6, 6.07) is 0. The first-order chi connectivity index (χ1) is 18.3. The van der Waals surface area contributed by atoms with Gasteiger partial charge in [0.1, 0.15) is 6.10 Å². The maximum Gasteiger partial charge on any atom is 0.307 e. The molecule has 0 bridgehead atoms. The number of fused-ring (bicyclic) bond motifs is 5. The third-order valence-electron chi connectivity index (χ3n) is 12.1. The molecule has 0 amide bonds. The molecule has 9 atom stereocenters. The van der Waals surface area contributed by atoms with Crippen LogP contribution in [0.2, 0.25) is 0 Å². The van der Waals surface area contributed by atoms with E-state index in [1.807, 2.05) is 0 Å². The molecular formula is C33H57NO4. The first kappa shape index (κ1) is 29.9. The highest BCUT2D eigenvalue weighted by Crippen LogP contribution is 2.69. The summed E-state index contributed by atoms with van der Waals surface area (Å²) in [5, 5.41) is 0. The zero-order valence-corrected chi connectivity index (χ0v) is 25.0. The van der Waals surface area contributed by atoms with Crippen molar-refractivity contribution in [1.29, 1.82) is 0 Å². The highest BCUT2D eigenvalue weighted by atomic mass is 16.5. The Morgan fingerprint density at radius 1 is 0.947 bits per heavy atom. The van der Waals surface area contributed by atoms with Gasteiger partial charge in [-0.2, -0.15) is 0 Å². The van der Waals surface area contributed by atoms with E-state index in [-0.39, 0.29) is 23.5 Å². The van der Waals surface area contributed by atoms with Crippen molar-refractivity contribution in [3.63, 3.8) is 0 Å². The molecule has 4 saturated carbocycles. The second-order valence-corrected chi connectivity index (χ2v) is 14.0. The first-order valence-corrected chi connectivity index (χ1v) is 16.3. The fourth-order valence-electron chi connectivity index (χ4n) is 10.0. The van der Waals surface area contributed by atoms with E-state index in [4.69, 9.17) is 15.2 Å². The van der Waals surface area contributed by atoms with Crippen molar-refractivity contribution in [2.24, 2.45) is 52.1 Å². The molecule has 5 heteroatoms. The second kappa shape index (κ2) is 13.0. The summed E-state index contributed by atoms with van der Waals surface area (Å²) in [7, 11) is 0. The van der Waals surface area contributed by atoms with Gasteiger partial charge in [0.25, 0.3) is 0 Å². The van der Waals surface area contributed by atoms with Crippen LogP contribution in [0.3, 0.4) is 0 Å². The third-order valence-corrected chi connectivity index (χ3v) is 12.1. The van der Waals surface area contributed by atoms with E-state index in [9.17, 15) is 9.59 Å². The van der Waals surface area contributed by atoms with Crippen molar-refractivity contribution in [1.82, 2.24) is 0 Å². The fourth-order valence-corrected chi connectivity index (χ4v) is 10.0. The van der Waals surface area contributed by atoms with Crippen molar-refractivity contribution in [3.8, 4) is 0 Å². The minimum Gasteiger partial charge on any atom is -0.466 e. The summed E-state index contributed by atoms with van der Waals surface area (Å²) in [6.07, 6.45) is 17.7. The maximum atomic E-state index is 12.9. The molecule has 4 fully saturated rings. The van der Waals surface area contributed by atoms with E-state index in [2.05, 4.69) is 27.7 Å². The fraction of sp³-hybridized carbons (Fsp3) is 0.939. The quantitative estimate of drug-likeness (QED) is 0.209. The predicted octanol–water partition coefficient (Wildman–Crippen LogP) is 7.45. The molecular weight excluding hydrogens is 474 g/mol. The monoisotopic (exact) mass is 531 g/mol. The van der Waals surface area contributed by atoms with Gasteiger partial charge in [0.2, 0.25) is 0 Å². The van der Waals surface area contributed by atoms with Crippen molar-refractivity contribution in [3.05, 3.63) is 0 Å². The number of hydrogen-bond acceptors (Lipinski definition) is 5. The van der Waals surface area contributed by atoms with Crippen LogP contribution < -0.4 is 5.73 Å². The molecule has 0 aromatic rings. The topological polar surface area (TPSA) is 78.6 Å². The Bertz CT molecular complexity index is 800. The van der Waals surface area contributed by atoms with E-state index in [0.29, 0.717) is 55.1 Å². The van der Waals surface area contributed by atoms with Crippen LogP contribution in [0.4, 0.5) is 0 Å². The lowest BCUT2D eigenvalue weighted by molar-refractivity contribution is -0.194. The highest BCUT2D eigenvalue weighted by Gasteiger charge is 2.64. The molecule has 38 heavy (non-hydrogen) atoms. The number of nitrogens with two attached hydrogens (primary N) is 1. The number of rotatable bonds is 12. The van der Waals surface area contributed by atoms with Gasteiger partial charge in [-0.15, -0.1) is 0 Å². The number of unbranched alkanes of at least 4 members (excludes halogenated alkanes) is 3. The minimum atomic E-state index is -0.123. The summed E-state index contributed by atoms with van der Waals surface area (Å²) >= 11 is 0. The van der Waals surface area contributed by atoms with Gasteiger partial charge in [-0.25, -0.2) is 0 Å². The average molecular weight is 532 g/mol. The van der Waals surface area contributed by atoms with Crippen molar-refractivity contribution in [2.45, 2.75) is 137 Å². The molecule has 0 saturated heterocycles. The Morgan fingerprint density at radius 2 is 1.76 bits per heavy atom. The number of esters is 2. The lowest BCUT2D eigenvalue weighted by atomic mass is 9.44. The molecule has 4 aliphatic rings. The van der Waals surface area contributed by atoms with E-state index in [0.717, 1.165) is 37.5 Å².